The first-order valence-corrected chi connectivity index (χ1v) is 7.07. The Kier molecular flexibility index (Phi) is 4.13. The molecule has 1 aliphatic rings. The molecule has 0 unspecified atom stereocenters. The number of ether oxygens (including phenoxy) is 2. The summed E-state index contributed by atoms with van der Waals surface area (Å²) in [5.74, 6) is 2.56. The van der Waals surface area contributed by atoms with Gasteiger partial charge in [0.2, 0.25) is 0 Å². The molecule has 0 fully saturated rings. The van der Waals surface area contributed by atoms with Crippen molar-refractivity contribution in [3.8, 4) is 11.5 Å². The zero-order chi connectivity index (χ0) is 15.4. The van der Waals surface area contributed by atoms with Gasteiger partial charge in [0, 0.05) is 12.6 Å². The van der Waals surface area contributed by atoms with E-state index in [9.17, 15) is 4.79 Å². The number of rotatable bonds is 4. The van der Waals surface area contributed by atoms with E-state index in [1.807, 2.05) is 18.2 Å². The highest BCUT2D eigenvalue weighted by molar-refractivity contribution is 5.88. The number of anilines is 1. The summed E-state index contributed by atoms with van der Waals surface area (Å²) in [7, 11) is 0. The van der Waals surface area contributed by atoms with E-state index in [1.54, 1.807) is 13.0 Å². The first kappa shape index (κ1) is 14.2. The van der Waals surface area contributed by atoms with E-state index in [-0.39, 0.29) is 6.03 Å². The van der Waals surface area contributed by atoms with Crippen molar-refractivity contribution in [3.05, 3.63) is 35.6 Å². The fourth-order valence-corrected chi connectivity index (χ4v) is 2.15. The minimum atomic E-state index is -0.314. The van der Waals surface area contributed by atoms with Gasteiger partial charge in [-0.25, -0.2) is 4.79 Å². The van der Waals surface area contributed by atoms with Crippen LogP contribution in [0.4, 0.5) is 10.6 Å². The molecule has 7 nitrogen and oxygen atoms in total. The molecule has 2 aromatic rings. The summed E-state index contributed by atoms with van der Waals surface area (Å²) in [5, 5.41) is 9.06. The zero-order valence-electron chi connectivity index (χ0n) is 12.2. The lowest BCUT2D eigenvalue weighted by Crippen LogP contribution is -2.30. The van der Waals surface area contributed by atoms with Crippen molar-refractivity contribution in [1.29, 1.82) is 0 Å². The first-order valence-electron chi connectivity index (χ1n) is 7.07. The van der Waals surface area contributed by atoms with Crippen LogP contribution in [0.25, 0.3) is 0 Å². The number of carbonyl (C=O) groups excluding carboxylic acids is 1. The number of nitrogens with zero attached hydrogens (tertiary/aromatic N) is 1. The molecular formula is C15H17N3O4. The Bertz CT molecular complexity index is 669. The van der Waals surface area contributed by atoms with Gasteiger partial charge in [-0.3, -0.25) is 5.32 Å². The number of aromatic nitrogens is 1. The fourth-order valence-electron chi connectivity index (χ4n) is 2.15. The molecule has 0 bridgehead atoms. The predicted octanol–water partition coefficient (Wildman–Crippen LogP) is 2.12. The number of carbonyl (C=O) groups is 1. The second-order valence-corrected chi connectivity index (χ2v) is 4.93. The van der Waals surface area contributed by atoms with Gasteiger partial charge in [0.15, 0.2) is 17.3 Å². The molecule has 3 rings (SSSR count). The number of urea groups is 1. The first-order chi connectivity index (χ1) is 10.7. The normalized spacial score (nSPS) is 12.8. The van der Waals surface area contributed by atoms with Crippen molar-refractivity contribution in [2.24, 2.45) is 0 Å². The molecule has 1 aromatic heterocycles. The van der Waals surface area contributed by atoms with Gasteiger partial charge in [-0.15, -0.1) is 0 Å². The molecule has 2 N–H and O–H groups in total. The van der Waals surface area contributed by atoms with Crippen LogP contribution in [0.3, 0.4) is 0 Å². The van der Waals surface area contributed by atoms with Crippen LogP contribution in [0.15, 0.2) is 28.8 Å². The number of nitrogens with one attached hydrogen (secondary N) is 2. The van der Waals surface area contributed by atoms with E-state index in [0.29, 0.717) is 37.8 Å². The van der Waals surface area contributed by atoms with E-state index in [4.69, 9.17) is 14.0 Å². The molecule has 2 heterocycles. The van der Waals surface area contributed by atoms with Crippen LogP contribution in [0.1, 0.15) is 11.3 Å². The smallest absolute Gasteiger partial charge is 0.320 e. The standard InChI is InChI=1S/C15H17N3O4/c1-10-8-14(18-22-10)17-15(19)16-5-4-11-2-3-12-13(9-11)21-7-6-20-12/h2-3,8-9H,4-7H2,1H3,(H2,16,17,18,19). The number of fused-ring (bicyclic) bond motifs is 1. The third kappa shape index (κ3) is 3.49. The molecule has 0 atom stereocenters. The molecule has 0 aliphatic carbocycles. The van der Waals surface area contributed by atoms with E-state index in [1.165, 1.54) is 0 Å². The third-order valence-electron chi connectivity index (χ3n) is 3.18. The van der Waals surface area contributed by atoms with Crippen LogP contribution in [0, 0.1) is 6.92 Å². The minimum Gasteiger partial charge on any atom is -0.486 e. The van der Waals surface area contributed by atoms with E-state index < -0.39 is 0 Å². The van der Waals surface area contributed by atoms with Crippen LogP contribution in [0.5, 0.6) is 11.5 Å². The molecular weight excluding hydrogens is 286 g/mol. The number of hydrogen-bond donors (Lipinski definition) is 2. The van der Waals surface area contributed by atoms with Crippen LogP contribution in [-0.2, 0) is 6.42 Å². The van der Waals surface area contributed by atoms with Crippen LogP contribution < -0.4 is 20.1 Å². The lowest BCUT2D eigenvalue weighted by Gasteiger charge is -2.18. The molecule has 0 radical (unpaired) electrons. The third-order valence-corrected chi connectivity index (χ3v) is 3.18. The average molecular weight is 303 g/mol. The molecule has 1 aliphatic heterocycles. The van der Waals surface area contributed by atoms with E-state index >= 15 is 0 Å². The second kappa shape index (κ2) is 6.38. The summed E-state index contributed by atoms with van der Waals surface area (Å²) in [6, 6.07) is 7.14. The van der Waals surface area contributed by atoms with Gasteiger partial charge < -0.3 is 19.3 Å². The molecule has 22 heavy (non-hydrogen) atoms. The van der Waals surface area contributed by atoms with Gasteiger partial charge in [0.1, 0.15) is 19.0 Å². The van der Waals surface area contributed by atoms with Gasteiger partial charge in [-0.2, -0.15) is 0 Å². The summed E-state index contributed by atoms with van der Waals surface area (Å²) in [6.45, 7) is 3.41. The molecule has 0 saturated carbocycles. The Morgan fingerprint density at radius 3 is 2.82 bits per heavy atom. The van der Waals surface area contributed by atoms with Crippen molar-refractivity contribution in [2.75, 3.05) is 25.1 Å². The van der Waals surface area contributed by atoms with Crippen molar-refractivity contribution in [2.45, 2.75) is 13.3 Å². The Hall–Kier alpha value is -2.70. The highest BCUT2D eigenvalue weighted by Gasteiger charge is 2.11. The topological polar surface area (TPSA) is 85.6 Å². The maximum Gasteiger partial charge on any atom is 0.320 e. The van der Waals surface area contributed by atoms with E-state index in [0.717, 1.165) is 17.1 Å². The SMILES string of the molecule is Cc1cc(NC(=O)NCCc2ccc3c(c2)OCCO3)no1. The van der Waals surface area contributed by atoms with Crippen molar-refractivity contribution in [1.82, 2.24) is 10.5 Å². The minimum absolute atomic E-state index is 0.314. The maximum absolute atomic E-state index is 11.7. The molecule has 0 saturated heterocycles. The number of amides is 2. The fraction of sp³-hybridized carbons (Fsp3) is 0.333. The predicted molar refractivity (Wildman–Crippen MR) is 79.4 cm³/mol. The second-order valence-electron chi connectivity index (χ2n) is 4.93. The summed E-state index contributed by atoms with van der Waals surface area (Å²) in [5.41, 5.74) is 1.07. The summed E-state index contributed by atoms with van der Waals surface area (Å²) in [6.07, 6.45) is 0.696. The largest absolute Gasteiger partial charge is 0.486 e. The van der Waals surface area contributed by atoms with Gasteiger partial charge >= 0.3 is 6.03 Å². The number of aryl methyl sites for hydroxylation is 1. The lowest BCUT2D eigenvalue weighted by molar-refractivity contribution is 0.171. The number of hydrogen-bond acceptors (Lipinski definition) is 5. The number of benzene rings is 1. The summed E-state index contributed by atoms with van der Waals surface area (Å²) < 4.78 is 15.9. The van der Waals surface area contributed by atoms with Gasteiger partial charge in [0.25, 0.3) is 0 Å². The van der Waals surface area contributed by atoms with Crippen molar-refractivity contribution < 1.29 is 18.8 Å². The monoisotopic (exact) mass is 303 g/mol. The zero-order valence-corrected chi connectivity index (χ0v) is 12.2. The van der Waals surface area contributed by atoms with Crippen molar-refractivity contribution in [3.63, 3.8) is 0 Å². The van der Waals surface area contributed by atoms with E-state index in [2.05, 4.69) is 15.8 Å². The van der Waals surface area contributed by atoms with Gasteiger partial charge in [-0.1, -0.05) is 11.2 Å². The molecule has 1 aromatic carbocycles. The summed E-state index contributed by atoms with van der Waals surface area (Å²) in [4.78, 5) is 11.7. The lowest BCUT2D eigenvalue weighted by atomic mass is 10.1. The van der Waals surface area contributed by atoms with Crippen LogP contribution in [-0.4, -0.2) is 30.9 Å². The molecule has 0 spiro atoms. The van der Waals surface area contributed by atoms with Gasteiger partial charge in [-0.05, 0) is 31.0 Å². The Balaban J connectivity index is 1.47. The quantitative estimate of drug-likeness (QED) is 0.903. The molecule has 2 amide bonds. The summed E-state index contributed by atoms with van der Waals surface area (Å²) >= 11 is 0. The van der Waals surface area contributed by atoms with Crippen LogP contribution >= 0.6 is 0 Å². The highest BCUT2D eigenvalue weighted by atomic mass is 16.6. The Labute approximate surface area is 127 Å². The Morgan fingerprint density at radius 1 is 1.23 bits per heavy atom. The average Bonchev–Trinajstić information content (AvgIpc) is 2.92. The Morgan fingerprint density at radius 2 is 2.05 bits per heavy atom. The van der Waals surface area contributed by atoms with Crippen LogP contribution in [0.2, 0.25) is 0 Å². The molecule has 116 valence electrons. The van der Waals surface area contributed by atoms with Gasteiger partial charge in [0.05, 0.1) is 0 Å². The highest BCUT2D eigenvalue weighted by Crippen LogP contribution is 2.30. The molecule has 7 heteroatoms. The maximum atomic E-state index is 11.7. The van der Waals surface area contributed by atoms with Crippen molar-refractivity contribution >= 4 is 11.8 Å².